The number of anilines is 1. The van der Waals surface area contributed by atoms with Crippen LogP contribution in [0.15, 0.2) is 18.2 Å². The minimum absolute atomic E-state index is 0.0165. The van der Waals surface area contributed by atoms with E-state index >= 15 is 0 Å². The van der Waals surface area contributed by atoms with Crippen LogP contribution in [-0.4, -0.2) is 48.8 Å². The second-order valence-electron chi connectivity index (χ2n) is 6.32. The number of nitrogens with zero attached hydrogens (tertiary/aromatic N) is 2. The summed E-state index contributed by atoms with van der Waals surface area (Å²) in [7, 11) is 2.13. The van der Waals surface area contributed by atoms with Crippen LogP contribution in [0.5, 0.6) is 0 Å². The first-order valence-corrected chi connectivity index (χ1v) is 8.17. The van der Waals surface area contributed by atoms with Gasteiger partial charge in [-0.3, -0.25) is 0 Å². The molecule has 1 aromatic carbocycles. The van der Waals surface area contributed by atoms with E-state index in [0.29, 0.717) is 6.54 Å². The SMILES string of the molecule is CN1CCCc2cc(CNC(=O)N3CCCC3CO)ccc21. The minimum atomic E-state index is -0.0635. The summed E-state index contributed by atoms with van der Waals surface area (Å²) in [5, 5.41) is 12.3. The van der Waals surface area contributed by atoms with E-state index in [4.69, 9.17) is 0 Å². The van der Waals surface area contributed by atoms with E-state index < -0.39 is 0 Å². The lowest BCUT2D eigenvalue weighted by Crippen LogP contribution is -2.43. The summed E-state index contributed by atoms with van der Waals surface area (Å²) in [6.07, 6.45) is 4.17. The van der Waals surface area contributed by atoms with Gasteiger partial charge in [0.05, 0.1) is 12.6 Å². The fourth-order valence-electron chi connectivity index (χ4n) is 3.52. The maximum Gasteiger partial charge on any atom is 0.317 e. The van der Waals surface area contributed by atoms with Gasteiger partial charge in [0.2, 0.25) is 0 Å². The highest BCUT2D eigenvalue weighted by Crippen LogP contribution is 2.26. The van der Waals surface area contributed by atoms with Crippen molar-refractivity contribution in [1.82, 2.24) is 10.2 Å². The molecule has 0 saturated carbocycles. The molecule has 22 heavy (non-hydrogen) atoms. The van der Waals surface area contributed by atoms with Gasteiger partial charge in [0.15, 0.2) is 0 Å². The van der Waals surface area contributed by atoms with Crippen molar-refractivity contribution in [3.8, 4) is 0 Å². The molecule has 0 bridgehead atoms. The van der Waals surface area contributed by atoms with Crippen LogP contribution in [0.4, 0.5) is 10.5 Å². The Balaban J connectivity index is 1.61. The van der Waals surface area contributed by atoms with Crippen molar-refractivity contribution < 1.29 is 9.90 Å². The highest BCUT2D eigenvalue weighted by Gasteiger charge is 2.27. The first kappa shape index (κ1) is 15.2. The third-order valence-electron chi connectivity index (χ3n) is 4.79. The number of aliphatic hydroxyl groups excluding tert-OH is 1. The Morgan fingerprint density at radius 2 is 2.23 bits per heavy atom. The number of hydrogen-bond donors (Lipinski definition) is 2. The van der Waals surface area contributed by atoms with Crippen LogP contribution in [0, 0.1) is 0 Å². The van der Waals surface area contributed by atoms with E-state index in [9.17, 15) is 9.90 Å². The fraction of sp³-hybridized carbons (Fsp3) is 0.588. The maximum absolute atomic E-state index is 12.2. The molecule has 1 fully saturated rings. The van der Waals surface area contributed by atoms with Gasteiger partial charge in [-0.2, -0.15) is 0 Å². The number of hydrogen-bond acceptors (Lipinski definition) is 3. The van der Waals surface area contributed by atoms with E-state index in [-0.39, 0.29) is 18.7 Å². The summed E-state index contributed by atoms with van der Waals surface area (Å²) in [6.45, 7) is 2.45. The lowest BCUT2D eigenvalue weighted by atomic mass is 9.99. The molecule has 0 aliphatic carbocycles. The Kier molecular flexibility index (Phi) is 4.52. The molecule has 0 radical (unpaired) electrons. The molecule has 5 nitrogen and oxygen atoms in total. The summed E-state index contributed by atoms with van der Waals surface area (Å²) in [5.41, 5.74) is 3.82. The lowest BCUT2D eigenvalue weighted by molar-refractivity contribution is 0.157. The number of likely N-dealkylation sites (tertiary alicyclic amines) is 1. The number of urea groups is 1. The van der Waals surface area contributed by atoms with E-state index in [1.165, 1.54) is 17.7 Å². The normalized spacial score (nSPS) is 20.9. The topological polar surface area (TPSA) is 55.8 Å². The number of benzene rings is 1. The van der Waals surface area contributed by atoms with Crippen molar-refractivity contribution in [2.24, 2.45) is 0 Å². The van der Waals surface area contributed by atoms with Gasteiger partial charge in [-0.05, 0) is 42.9 Å². The molecule has 1 unspecified atom stereocenters. The molecule has 2 heterocycles. The molecule has 2 N–H and O–H groups in total. The van der Waals surface area contributed by atoms with Crippen molar-refractivity contribution in [1.29, 1.82) is 0 Å². The first-order valence-electron chi connectivity index (χ1n) is 8.17. The summed E-state index contributed by atoms with van der Waals surface area (Å²) < 4.78 is 0. The van der Waals surface area contributed by atoms with Gasteiger partial charge >= 0.3 is 6.03 Å². The number of aryl methyl sites for hydroxylation is 1. The number of carbonyl (C=O) groups is 1. The number of aliphatic hydroxyl groups is 1. The van der Waals surface area contributed by atoms with Crippen LogP contribution in [0.3, 0.4) is 0 Å². The predicted molar refractivity (Wildman–Crippen MR) is 87.1 cm³/mol. The van der Waals surface area contributed by atoms with Crippen LogP contribution in [0.2, 0.25) is 0 Å². The fourth-order valence-corrected chi connectivity index (χ4v) is 3.52. The van der Waals surface area contributed by atoms with E-state index in [1.807, 2.05) is 0 Å². The Morgan fingerprint density at radius 3 is 3.05 bits per heavy atom. The lowest BCUT2D eigenvalue weighted by Gasteiger charge is -2.28. The predicted octanol–water partition coefficient (Wildman–Crippen LogP) is 1.74. The van der Waals surface area contributed by atoms with E-state index in [1.54, 1.807) is 4.90 Å². The third kappa shape index (κ3) is 3.04. The van der Waals surface area contributed by atoms with Gasteiger partial charge in [0.1, 0.15) is 0 Å². The number of carbonyl (C=O) groups excluding carboxylic acids is 1. The van der Waals surface area contributed by atoms with Gasteiger partial charge in [-0.1, -0.05) is 12.1 Å². The van der Waals surface area contributed by atoms with Crippen molar-refractivity contribution in [2.75, 3.05) is 31.6 Å². The number of fused-ring (bicyclic) bond motifs is 1. The average molecular weight is 303 g/mol. The van der Waals surface area contributed by atoms with Crippen molar-refractivity contribution in [3.05, 3.63) is 29.3 Å². The molecule has 2 aliphatic heterocycles. The van der Waals surface area contributed by atoms with Crippen molar-refractivity contribution in [3.63, 3.8) is 0 Å². The van der Waals surface area contributed by atoms with Crippen LogP contribution in [0.25, 0.3) is 0 Å². The van der Waals surface area contributed by atoms with Gasteiger partial charge in [0.25, 0.3) is 0 Å². The van der Waals surface area contributed by atoms with Gasteiger partial charge in [-0.25, -0.2) is 4.79 Å². The smallest absolute Gasteiger partial charge is 0.317 e. The van der Waals surface area contributed by atoms with E-state index in [2.05, 4.69) is 35.5 Å². The average Bonchev–Trinajstić information content (AvgIpc) is 3.01. The number of amides is 2. The third-order valence-corrected chi connectivity index (χ3v) is 4.79. The Morgan fingerprint density at radius 1 is 1.36 bits per heavy atom. The van der Waals surface area contributed by atoms with Gasteiger partial charge in [-0.15, -0.1) is 0 Å². The molecule has 2 aliphatic rings. The van der Waals surface area contributed by atoms with Gasteiger partial charge < -0.3 is 20.2 Å². The van der Waals surface area contributed by atoms with Crippen LogP contribution in [0.1, 0.15) is 30.4 Å². The highest BCUT2D eigenvalue weighted by molar-refractivity contribution is 5.75. The zero-order chi connectivity index (χ0) is 15.5. The molecule has 2 amide bonds. The molecular formula is C17H25N3O2. The quantitative estimate of drug-likeness (QED) is 0.894. The Labute approximate surface area is 131 Å². The van der Waals surface area contributed by atoms with Crippen molar-refractivity contribution in [2.45, 2.75) is 38.3 Å². The van der Waals surface area contributed by atoms with Crippen LogP contribution >= 0.6 is 0 Å². The second-order valence-corrected chi connectivity index (χ2v) is 6.32. The largest absolute Gasteiger partial charge is 0.394 e. The second kappa shape index (κ2) is 6.57. The molecule has 1 aromatic rings. The molecule has 5 heteroatoms. The summed E-state index contributed by atoms with van der Waals surface area (Å²) in [5.74, 6) is 0. The molecule has 120 valence electrons. The zero-order valence-corrected chi connectivity index (χ0v) is 13.2. The Hall–Kier alpha value is -1.75. The minimum Gasteiger partial charge on any atom is -0.394 e. The Bertz CT molecular complexity index is 547. The molecule has 0 spiro atoms. The number of nitrogens with one attached hydrogen (secondary N) is 1. The molecule has 3 rings (SSSR count). The molecule has 0 aromatic heterocycles. The van der Waals surface area contributed by atoms with E-state index in [0.717, 1.165) is 37.9 Å². The molecular weight excluding hydrogens is 278 g/mol. The number of rotatable bonds is 3. The summed E-state index contributed by atoms with van der Waals surface area (Å²) in [4.78, 5) is 16.3. The summed E-state index contributed by atoms with van der Waals surface area (Å²) in [6, 6.07) is 6.37. The monoisotopic (exact) mass is 303 g/mol. The molecule has 1 atom stereocenters. The van der Waals surface area contributed by atoms with Gasteiger partial charge in [0, 0.05) is 32.4 Å². The van der Waals surface area contributed by atoms with Crippen LogP contribution in [-0.2, 0) is 13.0 Å². The standard InChI is InChI=1S/C17H25N3O2/c1-19-8-2-4-14-10-13(6-7-16(14)19)11-18-17(22)20-9-3-5-15(20)12-21/h6-7,10,15,21H,2-5,8-9,11-12H2,1H3,(H,18,22). The summed E-state index contributed by atoms with van der Waals surface area (Å²) >= 11 is 0. The van der Waals surface area contributed by atoms with Crippen LogP contribution < -0.4 is 10.2 Å². The highest BCUT2D eigenvalue weighted by atomic mass is 16.3. The maximum atomic E-state index is 12.2. The zero-order valence-electron chi connectivity index (χ0n) is 13.2. The first-order chi connectivity index (χ1) is 10.7. The van der Waals surface area contributed by atoms with Crippen molar-refractivity contribution >= 4 is 11.7 Å². The molecule has 1 saturated heterocycles.